The zero-order chi connectivity index (χ0) is 14.9. The molecule has 5 atom stereocenters. The van der Waals surface area contributed by atoms with Gasteiger partial charge < -0.3 is 10.0 Å². The molecule has 0 aromatic carbocycles. The molecule has 2 aliphatic rings. The molecule has 0 radical (unpaired) electrons. The number of aliphatic carboxylic acids is 1. The van der Waals surface area contributed by atoms with Crippen LogP contribution in [-0.4, -0.2) is 47.0 Å². The molecule has 2 rings (SSSR count). The molecule has 1 amide bonds. The normalized spacial score (nSPS) is 32.4. The van der Waals surface area contributed by atoms with Crippen LogP contribution in [0.2, 0.25) is 0 Å². The number of nitrogens with zero attached hydrogens (tertiary/aromatic N) is 1. The Morgan fingerprint density at radius 1 is 1.35 bits per heavy atom. The van der Waals surface area contributed by atoms with Crippen LogP contribution in [0.25, 0.3) is 0 Å². The lowest BCUT2D eigenvalue weighted by atomic mass is 9.82. The van der Waals surface area contributed by atoms with Gasteiger partial charge in [-0.05, 0) is 43.6 Å². The highest BCUT2D eigenvalue weighted by atomic mass is 32.2. The molecule has 2 bridgehead atoms. The minimum absolute atomic E-state index is 0.00264. The fourth-order valence-corrected chi connectivity index (χ4v) is 4.01. The van der Waals surface area contributed by atoms with Crippen molar-refractivity contribution in [1.29, 1.82) is 0 Å². The number of allylic oxidation sites excluding steroid dienone is 2. The Balaban J connectivity index is 2.08. The van der Waals surface area contributed by atoms with E-state index >= 15 is 0 Å². The number of carboxylic acids is 1. The Hall–Kier alpha value is -0.970. The fraction of sp³-hybridized carbons (Fsp3) is 0.733. The van der Waals surface area contributed by atoms with E-state index in [4.69, 9.17) is 0 Å². The van der Waals surface area contributed by atoms with E-state index in [0.29, 0.717) is 0 Å². The van der Waals surface area contributed by atoms with Crippen LogP contribution < -0.4 is 0 Å². The zero-order valence-electron chi connectivity index (χ0n) is 12.3. The molecule has 0 aromatic heterocycles. The summed E-state index contributed by atoms with van der Waals surface area (Å²) in [5.74, 6) is -0.562. The second-order valence-electron chi connectivity index (χ2n) is 5.92. The van der Waals surface area contributed by atoms with E-state index in [0.717, 1.165) is 18.6 Å². The van der Waals surface area contributed by atoms with Gasteiger partial charge in [0.15, 0.2) is 0 Å². The third-order valence-electron chi connectivity index (χ3n) is 4.78. The smallest absolute Gasteiger partial charge is 0.307 e. The molecule has 0 saturated heterocycles. The molecular weight excluding hydrogens is 274 g/mol. The largest absolute Gasteiger partial charge is 0.481 e. The average Bonchev–Trinajstić information content (AvgIpc) is 3.03. The first-order valence-electron chi connectivity index (χ1n) is 7.14. The third kappa shape index (κ3) is 2.73. The SMILES string of the molecule is CSCCC(C)N(C)C(=O)[C@H]1C2C=CC(C2)[C@H]1C(=O)O. The number of hydrogen-bond donors (Lipinski definition) is 1. The molecule has 1 N–H and O–H groups in total. The lowest BCUT2D eigenvalue weighted by Gasteiger charge is -2.32. The summed E-state index contributed by atoms with van der Waals surface area (Å²) in [6.07, 6.45) is 7.82. The molecule has 1 saturated carbocycles. The van der Waals surface area contributed by atoms with Gasteiger partial charge >= 0.3 is 5.97 Å². The molecular formula is C15H23NO3S. The molecule has 0 spiro atoms. The number of thioether (sulfide) groups is 1. The molecule has 2 aliphatic carbocycles. The monoisotopic (exact) mass is 297 g/mol. The first kappa shape index (κ1) is 15.4. The summed E-state index contributed by atoms with van der Waals surface area (Å²) in [6.45, 7) is 2.03. The highest BCUT2D eigenvalue weighted by Gasteiger charge is 2.52. The van der Waals surface area contributed by atoms with E-state index in [1.54, 1.807) is 16.7 Å². The standard InChI is InChI=1S/C15H23NO3S/c1-9(6-7-20-3)16(2)14(17)12-10-4-5-11(8-10)13(12)15(18)19/h4-5,9-13H,6-8H2,1-3H3,(H,18,19)/t9?,10?,11?,12-,13+/m0/s1. The van der Waals surface area contributed by atoms with Crippen LogP contribution in [0.5, 0.6) is 0 Å². The first-order valence-corrected chi connectivity index (χ1v) is 8.53. The Bertz CT molecular complexity index is 423. The number of rotatable bonds is 6. The number of carbonyl (C=O) groups is 2. The van der Waals surface area contributed by atoms with Crippen LogP contribution in [0.1, 0.15) is 19.8 Å². The molecule has 0 heterocycles. The lowest BCUT2D eigenvalue weighted by Crippen LogP contribution is -2.44. The van der Waals surface area contributed by atoms with Crippen LogP contribution in [0, 0.1) is 23.7 Å². The minimum Gasteiger partial charge on any atom is -0.481 e. The van der Waals surface area contributed by atoms with Crippen molar-refractivity contribution in [3.8, 4) is 0 Å². The van der Waals surface area contributed by atoms with Gasteiger partial charge in [0, 0.05) is 13.1 Å². The maximum atomic E-state index is 12.7. The summed E-state index contributed by atoms with van der Waals surface area (Å²) in [4.78, 5) is 25.9. The van der Waals surface area contributed by atoms with Crippen LogP contribution >= 0.6 is 11.8 Å². The van der Waals surface area contributed by atoms with Gasteiger partial charge in [0.1, 0.15) is 0 Å². The van der Waals surface area contributed by atoms with Crippen molar-refractivity contribution in [2.75, 3.05) is 19.1 Å². The number of hydrogen-bond acceptors (Lipinski definition) is 3. The highest BCUT2D eigenvalue weighted by molar-refractivity contribution is 7.98. The van der Waals surface area contributed by atoms with Crippen molar-refractivity contribution in [3.63, 3.8) is 0 Å². The van der Waals surface area contributed by atoms with Crippen molar-refractivity contribution < 1.29 is 14.7 Å². The maximum Gasteiger partial charge on any atom is 0.307 e. The Morgan fingerprint density at radius 3 is 2.50 bits per heavy atom. The van der Waals surface area contributed by atoms with Gasteiger partial charge in [-0.25, -0.2) is 0 Å². The lowest BCUT2D eigenvalue weighted by molar-refractivity contribution is -0.151. The predicted molar refractivity (Wildman–Crippen MR) is 80.6 cm³/mol. The van der Waals surface area contributed by atoms with Crippen molar-refractivity contribution in [2.24, 2.45) is 23.7 Å². The van der Waals surface area contributed by atoms with Crippen LogP contribution in [0.3, 0.4) is 0 Å². The first-order chi connectivity index (χ1) is 9.47. The van der Waals surface area contributed by atoms with Crippen molar-refractivity contribution in [3.05, 3.63) is 12.2 Å². The predicted octanol–water partition coefficient (Wildman–Crippen LogP) is 2.11. The van der Waals surface area contributed by atoms with E-state index in [1.807, 2.05) is 26.1 Å². The molecule has 3 unspecified atom stereocenters. The van der Waals surface area contributed by atoms with Gasteiger partial charge in [0.25, 0.3) is 0 Å². The summed E-state index contributed by atoms with van der Waals surface area (Å²) in [7, 11) is 1.81. The minimum atomic E-state index is -0.828. The zero-order valence-corrected chi connectivity index (χ0v) is 13.1. The second-order valence-corrected chi connectivity index (χ2v) is 6.90. The van der Waals surface area contributed by atoms with Gasteiger partial charge in [-0.2, -0.15) is 11.8 Å². The number of amides is 1. The van der Waals surface area contributed by atoms with Crippen LogP contribution in [-0.2, 0) is 9.59 Å². The fourth-order valence-electron chi connectivity index (χ4n) is 3.43. The van der Waals surface area contributed by atoms with Crippen LogP contribution in [0.15, 0.2) is 12.2 Å². The van der Waals surface area contributed by atoms with E-state index in [2.05, 4.69) is 6.26 Å². The molecule has 112 valence electrons. The van der Waals surface area contributed by atoms with Gasteiger partial charge in [-0.1, -0.05) is 12.2 Å². The molecule has 0 aromatic rings. The summed E-state index contributed by atoms with van der Waals surface area (Å²) >= 11 is 1.77. The average molecular weight is 297 g/mol. The Morgan fingerprint density at radius 2 is 1.95 bits per heavy atom. The van der Waals surface area contributed by atoms with Crippen molar-refractivity contribution in [2.45, 2.75) is 25.8 Å². The number of carboxylic acid groups (broad SMARTS) is 1. The van der Waals surface area contributed by atoms with Gasteiger partial charge in [-0.15, -0.1) is 0 Å². The number of fused-ring (bicyclic) bond motifs is 2. The van der Waals surface area contributed by atoms with E-state index in [1.165, 1.54) is 0 Å². The molecule has 1 fully saturated rings. The van der Waals surface area contributed by atoms with Gasteiger partial charge in [-0.3, -0.25) is 9.59 Å². The third-order valence-corrected chi connectivity index (χ3v) is 5.42. The quantitative estimate of drug-likeness (QED) is 0.763. The topological polar surface area (TPSA) is 57.6 Å². The maximum absolute atomic E-state index is 12.7. The van der Waals surface area contributed by atoms with Crippen molar-refractivity contribution in [1.82, 2.24) is 4.90 Å². The molecule has 5 heteroatoms. The van der Waals surface area contributed by atoms with Crippen LogP contribution in [0.4, 0.5) is 0 Å². The van der Waals surface area contributed by atoms with Gasteiger partial charge in [0.2, 0.25) is 5.91 Å². The summed E-state index contributed by atoms with van der Waals surface area (Å²) in [5, 5.41) is 9.41. The van der Waals surface area contributed by atoms with Crippen molar-refractivity contribution >= 4 is 23.6 Å². The molecule has 4 nitrogen and oxygen atoms in total. The van der Waals surface area contributed by atoms with E-state index in [-0.39, 0.29) is 29.7 Å². The summed E-state index contributed by atoms with van der Waals surface area (Å²) in [6, 6.07) is 0.160. The molecule has 20 heavy (non-hydrogen) atoms. The Kier molecular flexibility index (Phi) is 4.78. The van der Waals surface area contributed by atoms with E-state index in [9.17, 15) is 14.7 Å². The van der Waals surface area contributed by atoms with E-state index < -0.39 is 11.9 Å². The Labute approximate surface area is 124 Å². The summed E-state index contributed by atoms with van der Waals surface area (Å²) < 4.78 is 0. The highest BCUT2D eigenvalue weighted by Crippen LogP contribution is 2.48. The molecule has 0 aliphatic heterocycles. The summed E-state index contributed by atoms with van der Waals surface area (Å²) in [5.41, 5.74) is 0. The second kappa shape index (κ2) is 6.20. The number of carbonyl (C=O) groups excluding carboxylic acids is 1. The van der Waals surface area contributed by atoms with Gasteiger partial charge in [0.05, 0.1) is 11.8 Å².